The lowest BCUT2D eigenvalue weighted by Crippen LogP contribution is -2.46. The van der Waals surface area contributed by atoms with Gasteiger partial charge in [-0.05, 0) is 43.5 Å². The van der Waals surface area contributed by atoms with Crippen LogP contribution in [0.25, 0.3) is 0 Å². The summed E-state index contributed by atoms with van der Waals surface area (Å²) in [6, 6.07) is 16.2. The first-order valence-electron chi connectivity index (χ1n) is 10.4. The molecule has 2 aromatic carbocycles. The highest BCUT2D eigenvalue weighted by Gasteiger charge is 2.64. The molecule has 0 N–H and O–H groups in total. The van der Waals surface area contributed by atoms with Crippen molar-refractivity contribution in [1.29, 1.82) is 0 Å². The van der Waals surface area contributed by atoms with Crippen molar-refractivity contribution in [2.24, 2.45) is 11.8 Å². The number of hydrogen-bond donors (Lipinski definition) is 0. The molecule has 2 amide bonds. The average Bonchev–Trinajstić information content (AvgIpc) is 3.40. The van der Waals surface area contributed by atoms with E-state index in [1.54, 1.807) is 12.1 Å². The smallest absolute Gasteiger partial charge is 0.239 e. The van der Waals surface area contributed by atoms with Crippen LogP contribution in [0.5, 0.6) is 0 Å². The number of imide groups is 1. The zero-order valence-electron chi connectivity index (χ0n) is 16.5. The predicted octanol–water partition coefficient (Wildman–Crippen LogP) is 3.08. The molecular formula is C24H24N2O3. The van der Waals surface area contributed by atoms with E-state index in [-0.39, 0.29) is 23.6 Å². The minimum atomic E-state index is -0.591. The van der Waals surface area contributed by atoms with Crippen LogP contribution in [0.15, 0.2) is 54.6 Å². The summed E-state index contributed by atoms with van der Waals surface area (Å²) in [6.07, 6.45) is 2.72. The molecule has 29 heavy (non-hydrogen) atoms. The second kappa shape index (κ2) is 6.92. The summed E-state index contributed by atoms with van der Waals surface area (Å²) in [4.78, 5) is 43.7. The number of carbonyl (C=O) groups excluding carboxylic acids is 3. The van der Waals surface area contributed by atoms with Crippen LogP contribution in [0, 0.1) is 11.8 Å². The van der Waals surface area contributed by atoms with Crippen molar-refractivity contribution in [2.45, 2.75) is 38.3 Å². The van der Waals surface area contributed by atoms with Gasteiger partial charge in [0.15, 0.2) is 5.78 Å². The van der Waals surface area contributed by atoms with Gasteiger partial charge in [0.1, 0.15) is 0 Å². The Morgan fingerprint density at radius 2 is 1.66 bits per heavy atom. The molecule has 5 heteroatoms. The second-order valence-electron chi connectivity index (χ2n) is 8.21. The van der Waals surface area contributed by atoms with Crippen molar-refractivity contribution in [3.05, 3.63) is 65.7 Å². The second-order valence-corrected chi connectivity index (χ2v) is 8.21. The Labute approximate surface area is 170 Å². The van der Waals surface area contributed by atoms with Crippen LogP contribution >= 0.6 is 0 Å². The Morgan fingerprint density at radius 3 is 2.34 bits per heavy atom. The third-order valence-electron chi connectivity index (χ3n) is 6.78. The van der Waals surface area contributed by atoms with Gasteiger partial charge < -0.3 is 0 Å². The van der Waals surface area contributed by atoms with Crippen LogP contribution in [0.2, 0.25) is 0 Å². The minimum absolute atomic E-state index is 0.0194. The first kappa shape index (κ1) is 18.3. The number of hydrogen-bond acceptors (Lipinski definition) is 4. The number of rotatable bonds is 4. The van der Waals surface area contributed by atoms with Crippen LogP contribution in [-0.2, 0) is 16.0 Å². The maximum atomic E-state index is 13.5. The zero-order chi connectivity index (χ0) is 20.1. The number of ketones is 1. The van der Waals surface area contributed by atoms with Crippen molar-refractivity contribution in [2.75, 3.05) is 11.4 Å². The van der Waals surface area contributed by atoms with Crippen LogP contribution in [0.3, 0.4) is 0 Å². The van der Waals surface area contributed by atoms with Gasteiger partial charge in [0.05, 0.1) is 23.6 Å². The molecule has 0 bridgehead atoms. The van der Waals surface area contributed by atoms with Crippen LogP contribution < -0.4 is 4.90 Å². The molecule has 2 aromatic rings. The number of fused-ring (bicyclic) bond motifs is 3. The minimum Gasteiger partial charge on any atom is -0.292 e. The van der Waals surface area contributed by atoms with Crippen molar-refractivity contribution in [3.8, 4) is 0 Å². The third-order valence-corrected chi connectivity index (χ3v) is 6.78. The van der Waals surface area contributed by atoms with Gasteiger partial charge in [0.25, 0.3) is 0 Å². The number of carbonyl (C=O) groups is 3. The third kappa shape index (κ3) is 2.68. The summed E-state index contributed by atoms with van der Waals surface area (Å²) in [7, 11) is 0. The van der Waals surface area contributed by atoms with Gasteiger partial charge in [-0.25, -0.2) is 4.90 Å². The fourth-order valence-corrected chi connectivity index (χ4v) is 5.42. The van der Waals surface area contributed by atoms with Crippen molar-refractivity contribution in [3.63, 3.8) is 0 Å². The summed E-state index contributed by atoms with van der Waals surface area (Å²) in [5.74, 6) is -1.44. The standard InChI is InChI=1S/C24H24N2O3/c1-2-15-10-12-17(13-11-15)26-23(28)19-18-9-6-14-25(18)21(20(19)24(26)29)22(27)16-7-4-3-5-8-16/h3-5,7-8,10-13,18-21H,2,6,9,14H2,1H3/t18-,19-,20-,21+/m1/s1. The van der Waals surface area contributed by atoms with E-state index in [0.717, 1.165) is 31.4 Å². The Kier molecular flexibility index (Phi) is 4.36. The van der Waals surface area contributed by atoms with E-state index in [2.05, 4.69) is 11.8 Å². The maximum Gasteiger partial charge on any atom is 0.239 e. The molecule has 0 aromatic heterocycles. The topological polar surface area (TPSA) is 57.7 Å². The fourth-order valence-electron chi connectivity index (χ4n) is 5.42. The summed E-state index contributed by atoms with van der Waals surface area (Å²) >= 11 is 0. The van der Waals surface area contributed by atoms with Crippen molar-refractivity contribution >= 4 is 23.3 Å². The van der Waals surface area contributed by atoms with Gasteiger partial charge in [0.2, 0.25) is 11.8 Å². The molecule has 0 saturated carbocycles. The van der Waals surface area contributed by atoms with E-state index in [1.165, 1.54) is 4.90 Å². The van der Waals surface area contributed by atoms with Gasteiger partial charge >= 0.3 is 0 Å². The van der Waals surface area contributed by atoms with E-state index in [1.807, 2.05) is 42.5 Å². The van der Waals surface area contributed by atoms with Gasteiger partial charge in [-0.1, -0.05) is 49.4 Å². The van der Waals surface area contributed by atoms with Gasteiger partial charge in [-0.2, -0.15) is 0 Å². The molecule has 3 fully saturated rings. The Bertz CT molecular complexity index is 969. The van der Waals surface area contributed by atoms with E-state index in [0.29, 0.717) is 11.3 Å². The number of anilines is 1. The predicted molar refractivity (Wildman–Crippen MR) is 110 cm³/mol. The molecule has 0 unspecified atom stereocenters. The number of aryl methyl sites for hydroxylation is 1. The summed E-state index contributed by atoms with van der Waals surface area (Å²) in [5, 5.41) is 0. The molecular weight excluding hydrogens is 364 g/mol. The first-order valence-corrected chi connectivity index (χ1v) is 10.4. The molecule has 3 aliphatic rings. The molecule has 0 spiro atoms. The average molecular weight is 388 g/mol. The lowest BCUT2D eigenvalue weighted by atomic mass is 9.85. The highest BCUT2D eigenvalue weighted by molar-refractivity contribution is 6.24. The van der Waals surface area contributed by atoms with E-state index in [9.17, 15) is 14.4 Å². The quantitative estimate of drug-likeness (QED) is 0.597. The summed E-state index contributed by atoms with van der Waals surface area (Å²) in [6.45, 7) is 2.84. The zero-order valence-corrected chi connectivity index (χ0v) is 16.5. The van der Waals surface area contributed by atoms with E-state index in [4.69, 9.17) is 0 Å². The van der Waals surface area contributed by atoms with Crippen molar-refractivity contribution in [1.82, 2.24) is 4.90 Å². The van der Waals surface area contributed by atoms with Gasteiger partial charge in [0, 0.05) is 11.6 Å². The van der Waals surface area contributed by atoms with Crippen LogP contribution in [0.4, 0.5) is 5.69 Å². The molecule has 5 rings (SSSR count). The Balaban J connectivity index is 1.53. The lowest BCUT2D eigenvalue weighted by molar-refractivity contribution is -0.123. The van der Waals surface area contributed by atoms with E-state index < -0.39 is 17.9 Å². The molecule has 4 atom stereocenters. The fraction of sp³-hybridized carbons (Fsp3) is 0.375. The highest BCUT2D eigenvalue weighted by Crippen LogP contribution is 2.48. The molecule has 0 aliphatic carbocycles. The number of Topliss-reactive ketones (excluding diaryl/α,β-unsaturated/α-hetero) is 1. The van der Waals surface area contributed by atoms with Gasteiger partial charge in [-0.3, -0.25) is 19.3 Å². The largest absolute Gasteiger partial charge is 0.292 e. The number of benzene rings is 2. The molecule has 5 nitrogen and oxygen atoms in total. The molecule has 148 valence electrons. The molecule has 3 aliphatic heterocycles. The lowest BCUT2D eigenvalue weighted by Gasteiger charge is -2.27. The first-order chi connectivity index (χ1) is 14.1. The summed E-state index contributed by atoms with van der Waals surface area (Å²) in [5.41, 5.74) is 2.38. The van der Waals surface area contributed by atoms with Crippen LogP contribution in [0.1, 0.15) is 35.7 Å². The van der Waals surface area contributed by atoms with Crippen molar-refractivity contribution < 1.29 is 14.4 Å². The SMILES string of the molecule is CCc1ccc(N2C(=O)[C@@H]3[C@H](C2=O)[C@H]2CCCN2[C@@H]3C(=O)c2ccccc2)cc1. The maximum absolute atomic E-state index is 13.5. The Hall–Kier alpha value is -2.79. The van der Waals surface area contributed by atoms with Gasteiger partial charge in [-0.15, -0.1) is 0 Å². The van der Waals surface area contributed by atoms with E-state index >= 15 is 0 Å². The number of nitrogens with zero attached hydrogens (tertiary/aromatic N) is 2. The molecule has 0 radical (unpaired) electrons. The Morgan fingerprint density at radius 1 is 0.966 bits per heavy atom. The highest BCUT2D eigenvalue weighted by atomic mass is 16.2. The normalized spacial score (nSPS) is 28.7. The molecule has 3 saturated heterocycles. The monoisotopic (exact) mass is 388 g/mol. The number of amides is 2. The summed E-state index contributed by atoms with van der Waals surface area (Å²) < 4.78 is 0. The molecule has 3 heterocycles. The van der Waals surface area contributed by atoms with Crippen LogP contribution in [-0.4, -0.2) is 41.1 Å².